The second-order valence-electron chi connectivity index (χ2n) is 8.36. The van der Waals surface area contributed by atoms with Crippen molar-refractivity contribution >= 4 is 0 Å². The highest BCUT2D eigenvalue weighted by Gasteiger charge is 2.50. The van der Waals surface area contributed by atoms with Gasteiger partial charge in [-0.2, -0.15) is 0 Å². The highest BCUT2D eigenvalue weighted by Crippen LogP contribution is 2.55. The third-order valence-corrected chi connectivity index (χ3v) is 6.70. The predicted octanol–water partition coefficient (Wildman–Crippen LogP) is 3.06. The van der Waals surface area contributed by atoms with Crippen LogP contribution in [-0.4, -0.2) is 18.1 Å². The van der Waals surface area contributed by atoms with Gasteiger partial charge < -0.3 is 11.1 Å². The molecule has 0 atom stereocenters. The molecule has 2 heteroatoms. The zero-order valence-corrected chi connectivity index (χ0v) is 12.2. The van der Waals surface area contributed by atoms with E-state index in [4.69, 9.17) is 5.73 Å². The number of rotatable bonds is 3. The first-order chi connectivity index (χ1) is 9.21. The van der Waals surface area contributed by atoms with Crippen LogP contribution in [0.3, 0.4) is 0 Å². The summed E-state index contributed by atoms with van der Waals surface area (Å²) < 4.78 is 0. The lowest BCUT2D eigenvalue weighted by Crippen LogP contribution is -2.59. The van der Waals surface area contributed by atoms with Crippen LogP contribution in [0.5, 0.6) is 0 Å². The van der Waals surface area contributed by atoms with Crippen LogP contribution in [-0.2, 0) is 0 Å². The minimum atomic E-state index is 0.496. The molecule has 4 bridgehead atoms. The van der Waals surface area contributed by atoms with Crippen LogP contribution in [0.4, 0.5) is 0 Å². The van der Waals surface area contributed by atoms with Crippen molar-refractivity contribution in [1.82, 2.24) is 5.32 Å². The number of nitrogens with one attached hydrogen (secondary N) is 1. The summed E-state index contributed by atoms with van der Waals surface area (Å²) >= 11 is 0. The molecule has 5 aliphatic carbocycles. The van der Waals surface area contributed by atoms with Crippen LogP contribution in [0.1, 0.15) is 64.2 Å². The second-order valence-corrected chi connectivity index (χ2v) is 8.36. The summed E-state index contributed by atoms with van der Waals surface area (Å²) in [5.41, 5.74) is 6.58. The molecule has 0 radical (unpaired) electrons. The van der Waals surface area contributed by atoms with Gasteiger partial charge in [0.25, 0.3) is 0 Å². The first-order valence-electron chi connectivity index (χ1n) is 8.71. The van der Waals surface area contributed by atoms with Crippen LogP contribution in [0.25, 0.3) is 0 Å². The van der Waals surface area contributed by atoms with Gasteiger partial charge in [-0.25, -0.2) is 0 Å². The Labute approximate surface area is 117 Å². The fourth-order valence-corrected chi connectivity index (χ4v) is 6.08. The first kappa shape index (κ1) is 12.6. The summed E-state index contributed by atoms with van der Waals surface area (Å²) in [6, 6.07) is 0.496. The van der Waals surface area contributed by atoms with Crippen molar-refractivity contribution in [2.45, 2.75) is 75.8 Å². The minimum Gasteiger partial charge on any atom is -0.328 e. The molecule has 0 saturated heterocycles. The monoisotopic (exact) mass is 262 g/mol. The summed E-state index contributed by atoms with van der Waals surface area (Å²) in [6.07, 6.45) is 14.4. The fourth-order valence-electron chi connectivity index (χ4n) is 6.08. The molecule has 3 N–H and O–H groups in total. The van der Waals surface area contributed by atoms with Gasteiger partial charge in [-0.15, -0.1) is 0 Å². The third-order valence-electron chi connectivity index (χ3n) is 6.70. The van der Waals surface area contributed by atoms with E-state index in [0.29, 0.717) is 11.6 Å². The zero-order chi connectivity index (χ0) is 12.9. The van der Waals surface area contributed by atoms with Crippen LogP contribution >= 0.6 is 0 Å². The molecule has 0 aromatic heterocycles. The van der Waals surface area contributed by atoms with Crippen LogP contribution < -0.4 is 11.1 Å². The molecule has 0 amide bonds. The Hall–Kier alpha value is -0.0800. The van der Waals surface area contributed by atoms with E-state index in [-0.39, 0.29) is 0 Å². The molecule has 0 spiro atoms. The van der Waals surface area contributed by atoms with Gasteiger partial charge >= 0.3 is 0 Å². The smallest absolute Gasteiger partial charge is 0.0189 e. The van der Waals surface area contributed by atoms with Gasteiger partial charge in [-0.1, -0.05) is 0 Å². The van der Waals surface area contributed by atoms with E-state index in [2.05, 4.69) is 5.32 Å². The van der Waals surface area contributed by atoms with Gasteiger partial charge in [-0.05, 0) is 94.4 Å². The van der Waals surface area contributed by atoms with Gasteiger partial charge in [0.2, 0.25) is 0 Å². The van der Waals surface area contributed by atoms with E-state index >= 15 is 0 Å². The van der Waals surface area contributed by atoms with Crippen LogP contribution in [0, 0.1) is 23.7 Å². The second kappa shape index (κ2) is 4.73. The number of hydrogen-bond donors (Lipinski definition) is 2. The molecule has 108 valence electrons. The van der Waals surface area contributed by atoms with E-state index < -0.39 is 0 Å². The Bertz CT molecular complexity index is 295. The average Bonchev–Trinajstić information content (AvgIpc) is 2.36. The molecule has 2 nitrogen and oxygen atoms in total. The summed E-state index contributed by atoms with van der Waals surface area (Å²) in [7, 11) is 0. The molecule has 0 aliphatic heterocycles. The largest absolute Gasteiger partial charge is 0.328 e. The lowest BCUT2D eigenvalue weighted by Gasteiger charge is -2.57. The van der Waals surface area contributed by atoms with Gasteiger partial charge in [0.15, 0.2) is 0 Å². The lowest BCUT2D eigenvalue weighted by atomic mass is 9.53. The highest BCUT2D eigenvalue weighted by atomic mass is 15.0. The molecule has 5 saturated carbocycles. The molecule has 0 aromatic carbocycles. The Morgan fingerprint density at radius 1 is 0.842 bits per heavy atom. The maximum Gasteiger partial charge on any atom is 0.0189 e. The first-order valence-corrected chi connectivity index (χ1v) is 8.71. The fraction of sp³-hybridized carbons (Fsp3) is 1.00. The number of hydrogen-bond acceptors (Lipinski definition) is 2. The predicted molar refractivity (Wildman–Crippen MR) is 78.8 cm³/mol. The van der Waals surface area contributed by atoms with Gasteiger partial charge in [0, 0.05) is 11.6 Å². The number of nitrogens with two attached hydrogens (primary N) is 1. The Morgan fingerprint density at radius 3 is 1.89 bits per heavy atom. The van der Waals surface area contributed by atoms with Crippen molar-refractivity contribution in [2.24, 2.45) is 29.4 Å². The molecule has 5 aliphatic rings. The van der Waals surface area contributed by atoms with E-state index in [9.17, 15) is 0 Å². The molecule has 0 heterocycles. The van der Waals surface area contributed by atoms with Crippen LogP contribution in [0.2, 0.25) is 0 Å². The summed E-state index contributed by atoms with van der Waals surface area (Å²) in [6.45, 7) is 1.28. The van der Waals surface area contributed by atoms with Crippen molar-refractivity contribution in [3.8, 4) is 0 Å². The Kier molecular flexibility index (Phi) is 3.15. The molecule has 0 aromatic rings. The highest BCUT2D eigenvalue weighted by molar-refractivity contribution is 5.06. The topological polar surface area (TPSA) is 38.0 Å². The Morgan fingerprint density at radius 2 is 1.37 bits per heavy atom. The Balaban J connectivity index is 1.35. The van der Waals surface area contributed by atoms with E-state index in [1.165, 1.54) is 51.5 Å². The molecule has 19 heavy (non-hydrogen) atoms. The van der Waals surface area contributed by atoms with Crippen molar-refractivity contribution in [1.29, 1.82) is 0 Å². The zero-order valence-electron chi connectivity index (χ0n) is 12.2. The molecule has 5 rings (SSSR count). The van der Waals surface area contributed by atoms with Gasteiger partial charge in [-0.3, -0.25) is 0 Å². The summed E-state index contributed by atoms with van der Waals surface area (Å²) in [4.78, 5) is 0. The van der Waals surface area contributed by atoms with E-state index in [1.54, 1.807) is 19.3 Å². The summed E-state index contributed by atoms with van der Waals surface area (Å²) in [5.74, 6) is 4.11. The van der Waals surface area contributed by atoms with Crippen molar-refractivity contribution < 1.29 is 0 Å². The molecular weight excluding hydrogens is 232 g/mol. The van der Waals surface area contributed by atoms with Crippen LogP contribution in [0.15, 0.2) is 0 Å². The standard InChI is InChI=1S/C17H30N2/c18-16-3-1-12(2-4-16)11-19-17-8-13-5-14(9-17)7-15(6-13)10-17/h12-16,19H,1-11,18H2. The van der Waals surface area contributed by atoms with E-state index in [0.717, 1.165) is 23.7 Å². The molecular formula is C17H30N2. The maximum atomic E-state index is 6.02. The maximum absolute atomic E-state index is 6.02. The summed E-state index contributed by atoms with van der Waals surface area (Å²) in [5, 5.41) is 4.07. The normalized spacial score (nSPS) is 52.6. The van der Waals surface area contributed by atoms with E-state index in [1.807, 2.05) is 0 Å². The van der Waals surface area contributed by atoms with Gasteiger partial charge in [0.1, 0.15) is 0 Å². The third kappa shape index (κ3) is 2.47. The van der Waals surface area contributed by atoms with Crippen molar-refractivity contribution in [3.63, 3.8) is 0 Å². The molecule has 5 fully saturated rings. The minimum absolute atomic E-state index is 0.496. The quantitative estimate of drug-likeness (QED) is 0.820. The SMILES string of the molecule is NC1CCC(CNC23CC4CC(CC(C4)C2)C3)CC1. The van der Waals surface area contributed by atoms with Gasteiger partial charge in [0.05, 0.1) is 0 Å². The molecule has 0 unspecified atom stereocenters. The lowest BCUT2D eigenvalue weighted by molar-refractivity contribution is -0.0219. The average molecular weight is 262 g/mol. The van der Waals surface area contributed by atoms with Crippen molar-refractivity contribution in [2.75, 3.05) is 6.54 Å². The van der Waals surface area contributed by atoms with Crippen molar-refractivity contribution in [3.05, 3.63) is 0 Å².